The van der Waals surface area contributed by atoms with Crippen LogP contribution in [-0.2, 0) is 0 Å². The molecule has 0 saturated heterocycles. The van der Waals surface area contributed by atoms with Gasteiger partial charge in [-0.05, 0) is 12.3 Å². The molecule has 21 heavy (non-hydrogen) atoms. The Morgan fingerprint density at radius 3 is 1.38 bits per heavy atom. The fourth-order valence-corrected chi connectivity index (χ4v) is 3.23. The van der Waals surface area contributed by atoms with Gasteiger partial charge in [0, 0.05) is 6.61 Å². The average molecular weight is 299 g/mol. The van der Waals surface area contributed by atoms with Gasteiger partial charge in [0.15, 0.2) is 0 Å². The van der Waals surface area contributed by atoms with Gasteiger partial charge in [0.1, 0.15) is 0 Å². The second kappa shape index (κ2) is 18.0. The molecule has 0 aromatic carbocycles. The van der Waals surface area contributed by atoms with Crippen LogP contribution in [0.25, 0.3) is 0 Å². The summed E-state index contributed by atoms with van der Waals surface area (Å²) in [5.41, 5.74) is 0. The van der Waals surface area contributed by atoms with Crippen LogP contribution in [-0.4, -0.2) is 11.7 Å². The molecule has 0 aliphatic rings. The predicted molar refractivity (Wildman–Crippen MR) is 95.8 cm³/mol. The van der Waals surface area contributed by atoms with Crippen LogP contribution >= 0.6 is 0 Å². The first-order valence-electron chi connectivity index (χ1n) is 9.96. The van der Waals surface area contributed by atoms with Crippen molar-refractivity contribution < 1.29 is 5.11 Å². The summed E-state index contributed by atoms with van der Waals surface area (Å²) in [7, 11) is 0. The molecule has 1 unspecified atom stereocenters. The van der Waals surface area contributed by atoms with Crippen LogP contribution in [0.3, 0.4) is 0 Å². The van der Waals surface area contributed by atoms with E-state index in [-0.39, 0.29) is 0 Å². The Balaban J connectivity index is 3.67. The summed E-state index contributed by atoms with van der Waals surface area (Å²) in [4.78, 5) is 0. The number of unbranched alkanes of at least 4 members (excludes halogenated alkanes) is 10. The Hall–Kier alpha value is -0.0400. The number of aliphatic hydroxyl groups is 1. The normalized spacial score (nSPS) is 12.7. The molecule has 1 nitrogen and oxygen atoms in total. The maximum atomic E-state index is 8.88. The van der Waals surface area contributed by atoms with Gasteiger partial charge >= 0.3 is 0 Å². The summed E-state index contributed by atoms with van der Waals surface area (Å²) in [6, 6.07) is 0. The van der Waals surface area contributed by atoms with Crippen molar-refractivity contribution >= 4 is 0 Å². The van der Waals surface area contributed by atoms with Crippen molar-refractivity contribution in [1.82, 2.24) is 0 Å². The molecule has 1 N–H and O–H groups in total. The summed E-state index contributed by atoms with van der Waals surface area (Å²) >= 11 is 0. The molecule has 0 aromatic rings. The first kappa shape index (κ1) is 21.0. The summed E-state index contributed by atoms with van der Waals surface area (Å²) in [6.07, 6.45) is 22.0. The minimum atomic E-state index is 0.374. The third kappa shape index (κ3) is 16.2. The molecule has 0 aromatic heterocycles. The van der Waals surface area contributed by atoms with Crippen molar-refractivity contribution in [1.29, 1.82) is 0 Å². The van der Waals surface area contributed by atoms with Crippen molar-refractivity contribution in [2.75, 3.05) is 6.61 Å². The molecule has 0 aliphatic heterocycles. The zero-order chi connectivity index (χ0) is 15.6. The largest absolute Gasteiger partial charge is 0.396 e. The quantitative estimate of drug-likeness (QED) is 0.290. The molecule has 128 valence electrons. The number of hydrogen-bond donors (Lipinski definition) is 1. The van der Waals surface area contributed by atoms with Gasteiger partial charge in [-0.2, -0.15) is 0 Å². The lowest BCUT2D eigenvalue weighted by Gasteiger charge is -2.17. The Bertz CT molecular complexity index is 167. The van der Waals surface area contributed by atoms with E-state index in [1.807, 2.05) is 0 Å². The van der Waals surface area contributed by atoms with Crippen molar-refractivity contribution in [3.63, 3.8) is 0 Å². The standard InChI is InChI=1S/C20H42O/c1-3-5-7-9-10-13-17-20(16-12-8-6-4-2)18-14-11-15-19-21/h20-21H,3-19H2,1-2H3. The van der Waals surface area contributed by atoms with E-state index in [1.54, 1.807) is 0 Å². The zero-order valence-electron chi connectivity index (χ0n) is 15.0. The third-order valence-corrected chi connectivity index (χ3v) is 4.70. The van der Waals surface area contributed by atoms with Gasteiger partial charge in [-0.3, -0.25) is 0 Å². The van der Waals surface area contributed by atoms with Crippen molar-refractivity contribution in [2.45, 2.75) is 117 Å². The van der Waals surface area contributed by atoms with Crippen LogP contribution in [0.5, 0.6) is 0 Å². The molecular weight excluding hydrogens is 256 g/mol. The lowest BCUT2D eigenvalue weighted by atomic mass is 9.90. The van der Waals surface area contributed by atoms with Crippen LogP contribution < -0.4 is 0 Å². The third-order valence-electron chi connectivity index (χ3n) is 4.70. The first-order valence-corrected chi connectivity index (χ1v) is 9.96. The van der Waals surface area contributed by atoms with Gasteiger partial charge in [-0.25, -0.2) is 0 Å². The Morgan fingerprint density at radius 2 is 0.905 bits per heavy atom. The summed E-state index contributed by atoms with van der Waals surface area (Å²) in [6.45, 7) is 4.96. The van der Waals surface area contributed by atoms with E-state index in [2.05, 4.69) is 13.8 Å². The highest BCUT2D eigenvalue weighted by Crippen LogP contribution is 2.24. The molecule has 1 atom stereocenters. The zero-order valence-corrected chi connectivity index (χ0v) is 15.0. The topological polar surface area (TPSA) is 20.2 Å². The highest BCUT2D eigenvalue weighted by Gasteiger charge is 2.08. The van der Waals surface area contributed by atoms with Crippen LogP contribution in [0.2, 0.25) is 0 Å². The van der Waals surface area contributed by atoms with E-state index in [0.29, 0.717) is 6.61 Å². The fraction of sp³-hybridized carbons (Fsp3) is 1.00. The number of hydrogen-bond acceptors (Lipinski definition) is 1. The van der Waals surface area contributed by atoms with Crippen LogP contribution in [0.4, 0.5) is 0 Å². The average Bonchev–Trinajstić information content (AvgIpc) is 2.50. The molecule has 0 fully saturated rings. The van der Waals surface area contributed by atoms with Crippen molar-refractivity contribution in [2.24, 2.45) is 5.92 Å². The summed E-state index contributed by atoms with van der Waals surface area (Å²) < 4.78 is 0. The first-order chi connectivity index (χ1) is 10.3. The van der Waals surface area contributed by atoms with Gasteiger partial charge in [0.2, 0.25) is 0 Å². The maximum absolute atomic E-state index is 8.88. The molecule has 0 saturated carbocycles. The van der Waals surface area contributed by atoms with E-state index >= 15 is 0 Å². The van der Waals surface area contributed by atoms with E-state index in [0.717, 1.165) is 12.3 Å². The molecule has 1 heteroatoms. The molecule has 0 rings (SSSR count). The SMILES string of the molecule is CCCCCCCCC(CCCCCC)CCCCCO. The van der Waals surface area contributed by atoms with E-state index < -0.39 is 0 Å². The summed E-state index contributed by atoms with van der Waals surface area (Å²) in [5.74, 6) is 0.965. The fourth-order valence-electron chi connectivity index (χ4n) is 3.23. The van der Waals surface area contributed by atoms with E-state index in [9.17, 15) is 0 Å². The number of rotatable bonds is 17. The van der Waals surface area contributed by atoms with Gasteiger partial charge in [0.05, 0.1) is 0 Å². The van der Waals surface area contributed by atoms with Gasteiger partial charge in [-0.15, -0.1) is 0 Å². The van der Waals surface area contributed by atoms with Crippen molar-refractivity contribution in [3.8, 4) is 0 Å². The van der Waals surface area contributed by atoms with E-state index in [1.165, 1.54) is 96.3 Å². The molecule has 0 heterocycles. The molecule has 0 amide bonds. The second-order valence-corrected chi connectivity index (χ2v) is 6.84. The van der Waals surface area contributed by atoms with Crippen LogP contribution in [0.15, 0.2) is 0 Å². The Morgan fingerprint density at radius 1 is 0.524 bits per heavy atom. The highest BCUT2D eigenvalue weighted by atomic mass is 16.2. The van der Waals surface area contributed by atoms with Gasteiger partial charge in [-0.1, -0.05) is 110 Å². The molecule has 0 radical (unpaired) electrons. The highest BCUT2D eigenvalue weighted by molar-refractivity contribution is 4.61. The molecule has 0 spiro atoms. The predicted octanol–water partition coefficient (Wildman–Crippen LogP) is 6.88. The lowest BCUT2D eigenvalue weighted by Crippen LogP contribution is -2.02. The maximum Gasteiger partial charge on any atom is 0.0431 e. The Kier molecular flexibility index (Phi) is 18.0. The van der Waals surface area contributed by atoms with Gasteiger partial charge in [0.25, 0.3) is 0 Å². The second-order valence-electron chi connectivity index (χ2n) is 6.84. The Labute approximate surface area is 134 Å². The minimum Gasteiger partial charge on any atom is -0.396 e. The van der Waals surface area contributed by atoms with Crippen LogP contribution in [0, 0.1) is 5.92 Å². The molecule has 0 bridgehead atoms. The molecular formula is C20H42O. The summed E-state index contributed by atoms with van der Waals surface area (Å²) in [5, 5.41) is 8.88. The van der Waals surface area contributed by atoms with Crippen molar-refractivity contribution in [3.05, 3.63) is 0 Å². The smallest absolute Gasteiger partial charge is 0.0431 e. The molecule has 0 aliphatic carbocycles. The van der Waals surface area contributed by atoms with Gasteiger partial charge < -0.3 is 5.11 Å². The monoisotopic (exact) mass is 298 g/mol. The van der Waals surface area contributed by atoms with Crippen LogP contribution in [0.1, 0.15) is 117 Å². The minimum absolute atomic E-state index is 0.374. The van der Waals surface area contributed by atoms with E-state index in [4.69, 9.17) is 5.11 Å². The lowest BCUT2D eigenvalue weighted by molar-refractivity contribution is 0.278. The number of aliphatic hydroxyl groups excluding tert-OH is 1.